The summed E-state index contributed by atoms with van der Waals surface area (Å²) in [6.45, 7) is 0.927. The molecule has 0 saturated heterocycles. The van der Waals surface area contributed by atoms with Gasteiger partial charge in [0.05, 0.1) is 6.54 Å². The highest BCUT2D eigenvalue weighted by molar-refractivity contribution is 5.51. The van der Waals surface area contributed by atoms with Gasteiger partial charge in [0.1, 0.15) is 12.1 Å². The molecule has 12 heavy (non-hydrogen) atoms. The van der Waals surface area contributed by atoms with Gasteiger partial charge >= 0.3 is 0 Å². The molecular weight excluding hydrogens is 157 g/mol. The first-order chi connectivity index (χ1) is 5.83. The SMILES string of the molecule is O=CCNCc1ccc(F)cc1. The molecule has 0 fully saturated rings. The molecule has 0 atom stereocenters. The highest BCUT2D eigenvalue weighted by atomic mass is 19.1. The molecule has 0 radical (unpaired) electrons. The summed E-state index contributed by atoms with van der Waals surface area (Å²) in [5.41, 5.74) is 0.971. The Labute approximate surface area is 70.4 Å². The second-order valence-corrected chi connectivity index (χ2v) is 2.42. The highest BCUT2D eigenvalue weighted by Gasteiger charge is 1.91. The highest BCUT2D eigenvalue weighted by Crippen LogP contribution is 2.01. The first kappa shape index (κ1) is 8.87. The van der Waals surface area contributed by atoms with Crippen molar-refractivity contribution in [3.05, 3.63) is 35.6 Å². The number of benzene rings is 1. The predicted molar refractivity (Wildman–Crippen MR) is 44.2 cm³/mol. The monoisotopic (exact) mass is 167 g/mol. The van der Waals surface area contributed by atoms with Crippen LogP contribution in [0, 0.1) is 5.82 Å². The number of rotatable bonds is 4. The zero-order valence-electron chi connectivity index (χ0n) is 6.59. The van der Waals surface area contributed by atoms with Crippen molar-refractivity contribution in [3.63, 3.8) is 0 Å². The Morgan fingerprint density at radius 3 is 2.58 bits per heavy atom. The van der Waals surface area contributed by atoms with Crippen LogP contribution in [0.1, 0.15) is 5.56 Å². The smallest absolute Gasteiger partial charge is 0.133 e. The molecule has 0 bridgehead atoms. The number of nitrogens with one attached hydrogen (secondary N) is 1. The van der Waals surface area contributed by atoms with E-state index in [0.717, 1.165) is 11.8 Å². The molecule has 3 heteroatoms. The van der Waals surface area contributed by atoms with Gasteiger partial charge in [-0.05, 0) is 17.7 Å². The van der Waals surface area contributed by atoms with Gasteiger partial charge in [0, 0.05) is 6.54 Å². The van der Waals surface area contributed by atoms with E-state index in [4.69, 9.17) is 0 Å². The summed E-state index contributed by atoms with van der Waals surface area (Å²) >= 11 is 0. The lowest BCUT2D eigenvalue weighted by molar-refractivity contribution is -0.107. The third-order valence-electron chi connectivity index (χ3n) is 1.47. The molecule has 64 valence electrons. The maximum Gasteiger partial charge on any atom is 0.133 e. The van der Waals surface area contributed by atoms with E-state index in [9.17, 15) is 9.18 Å². The molecule has 2 nitrogen and oxygen atoms in total. The minimum Gasteiger partial charge on any atom is -0.306 e. The molecule has 0 spiro atoms. The van der Waals surface area contributed by atoms with Crippen molar-refractivity contribution in [2.24, 2.45) is 0 Å². The van der Waals surface area contributed by atoms with Gasteiger partial charge in [-0.1, -0.05) is 12.1 Å². The van der Waals surface area contributed by atoms with Crippen molar-refractivity contribution < 1.29 is 9.18 Å². The van der Waals surface area contributed by atoms with Crippen LogP contribution >= 0.6 is 0 Å². The zero-order valence-corrected chi connectivity index (χ0v) is 6.59. The molecule has 0 heterocycles. The van der Waals surface area contributed by atoms with Crippen molar-refractivity contribution in [2.45, 2.75) is 6.54 Å². The fraction of sp³-hybridized carbons (Fsp3) is 0.222. The topological polar surface area (TPSA) is 29.1 Å². The Morgan fingerprint density at radius 1 is 1.33 bits per heavy atom. The van der Waals surface area contributed by atoms with Gasteiger partial charge in [-0.3, -0.25) is 0 Å². The lowest BCUT2D eigenvalue weighted by Crippen LogP contribution is -2.15. The summed E-state index contributed by atoms with van der Waals surface area (Å²) < 4.78 is 12.4. The molecule has 0 saturated carbocycles. The molecule has 1 N–H and O–H groups in total. The van der Waals surface area contributed by atoms with E-state index >= 15 is 0 Å². The van der Waals surface area contributed by atoms with E-state index in [1.54, 1.807) is 12.1 Å². The molecule has 1 aromatic rings. The van der Waals surface area contributed by atoms with Crippen molar-refractivity contribution >= 4 is 6.29 Å². The van der Waals surface area contributed by atoms with Crippen LogP contribution in [0.5, 0.6) is 0 Å². The Bertz CT molecular complexity index is 245. The minimum absolute atomic E-state index is 0.242. The van der Waals surface area contributed by atoms with Crippen LogP contribution in [0.15, 0.2) is 24.3 Å². The van der Waals surface area contributed by atoms with Crippen LogP contribution in [0.4, 0.5) is 4.39 Å². The molecule has 0 aliphatic heterocycles. The second kappa shape index (κ2) is 4.62. The maximum absolute atomic E-state index is 12.4. The van der Waals surface area contributed by atoms with E-state index < -0.39 is 0 Å². The summed E-state index contributed by atoms with van der Waals surface area (Å²) in [5.74, 6) is -0.242. The number of halogens is 1. The number of aldehydes is 1. The zero-order chi connectivity index (χ0) is 8.81. The van der Waals surface area contributed by atoms with Gasteiger partial charge in [-0.15, -0.1) is 0 Å². The van der Waals surface area contributed by atoms with Crippen molar-refractivity contribution in [2.75, 3.05) is 6.54 Å². The quantitative estimate of drug-likeness (QED) is 0.537. The molecule has 0 amide bonds. The van der Waals surface area contributed by atoms with Gasteiger partial charge in [-0.2, -0.15) is 0 Å². The maximum atomic E-state index is 12.4. The third kappa shape index (κ3) is 2.80. The van der Waals surface area contributed by atoms with Gasteiger partial charge in [-0.25, -0.2) is 4.39 Å². The number of carbonyl (C=O) groups excluding carboxylic acids is 1. The standard InChI is InChI=1S/C9H10FNO/c10-9-3-1-8(2-4-9)7-11-5-6-12/h1-4,6,11H,5,7H2. The normalized spacial score (nSPS) is 9.75. The Hall–Kier alpha value is -1.22. The average molecular weight is 167 g/mol. The van der Waals surface area contributed by atoms with Gasteiger partial charge in [0.25, 0.3) is 0 Å². The lowest BCUT2D eigenvalue weighted by atomic mass is 10.2. The van der Waals surface area contributed by atoms with Crippen molar-refractivity contribution in [1.29, 1.82) is 0 Å². The Morgan fingerprint density at radius 2 is 2.00 bits per heavy atom. The van der Waals surface area contributed by atoms with Gasteiger partial charge in [0.2, 0.25) is 0 Å². The van der Waals surface area contributed by atoms with Crippen LogP contribution in [0.3, 0.4) is 0 Å². The molecular formula is C9H10FNO. The first-order valence-electron chi connectivity index (χ1n) is 3.71. The Kier molecular flexibility index (Phi) is 3.41. The van der Waals surface area contributed by atoms with Gasteiger partial charge in [0.15, 0.2) is 0 Å². The predicted octanol–water partition coefficient (Wildman–Crippen LogP) is 1.11. The van der Waals surface area contributed by atoms with E-state index in [0.29, 0.717) is 13.1 Å². The number of carbonyl (C=O) groups is 1. The van der Waals surface area contributed by atoms with Crippen LogP contribution in [-0.2, 0) is 11.3 Å². The van der Waals surface area contributed by atoms with Gasteiger partial charge < -0.3 is 10.1 Å². The second-order valence-electron chi connectivity index (χ2n) is 2.42. The summed E-state index contributed by atoms with van der Waals surface area (Å²) in [7, 11) is 0. The van der Waals surface area contributed by atoms with Crippen LogP contribution in [-0.4, -0.2) is 12.8 Å². The van der Waals surface area contributed by atoms with E-state index in [2.05, 4.69) is 5.32 Å². The first-order valence-corrected chi connectivity index (χ1v) is 3.71. The molecule has 0 aliphatic carbocycles. The van der Waals surface area contributed by atoms with Crippen LogP contribution in [0.25, 0.3) is 0 Å². The van der Waals surface area contributed by atoms with E-state index in [1.165, 1.54) is 12.1 Å². The fourth-order valence-corrected chi connectivity index (χ4v) is 0.878. The molecule has 0 aromatic heterocycles. The lowest BCUT2D eigenvalue weighted by Gasteiger charge is -1.99. The van der Waals surface area contributed by atoms with E-state index in [-0.39, 0.29) is 5.82 Å². The van der Waals surface area contributed by atoms with Crippen molar-refractivity contribution in [1.82, 2.24) is 5.32 Å². The molecule has 0 unspecified atom stereocenters. The fourth-order valence-electron chi connectivity index (χ4n) is 0.878. The number of hydrogen-bond donors (Lipinski definition) is 1. The van der Waals surface area contributed by atoms with Crippen molar-refractivity contribution in [3.8, 4) is 0 Å². The summed E-state index contributed by atoms with van der Waals surface area (Å²) in [5, 5.41) is 2.88. The molecule has 0 aliphatic rings. The average Bonchev–Trinajstić information content (AvgIpc) is 2.09. The summed E-state index contributed by atoms with van der Waals surface area (Å²) in [4.78, 5) is 9.93. The minimum atomic E-state index is -0.242. The third-order valence-corrected chi connectivity index (χ3v) is 1.47. The number of hydrogen-bond acceptors (Lipinski definition) is 2. The van der Waals surface area contributed by atoms with Crippen LogP contribution < -0.4 is 5.32 Å². The van der Waals surface area contributed by atoms with E-state index in [1.807, 2.05) is 0 Å². The summed E-state index contributed by atoms with van der Waals surface area (Å²) in [6, 6.07) is 6.18. The Balaban J connectivity index is 2.42. The molecule has 1 aromatic carbocycles. The molecule has 1 rings (SSSR count). The van der Waals surface area contributed by atoms with Crippen LogP contribution in [0.2, 0.25) is 0 Å². The largest absolute Gasteiger partial charge is 0.306 e. The summed E-state index contributed by atoms with van der Waals surface area (Å²) in [6.07, 6.45) is 0.795.